The van der Waals surface area contributed by atoms with Gasteiger partial charge in [-0.15, -0.1) is 0 Å². The summed E-state index contributed by atoms with van der Waals surface area (Å²) >= 11 is 0. The molecule has 0 saturated carbocycles. The molecule has 1 fully saturated rings. The van der Waals surface area contributed by atoms with Crippen LogP contribution in [0.5, 0.6) is 17.2 Å². The fraction of sp³-hybridized carbons (Fsp3) is 0.364. The quantitative estimate of drug-likeness (QED) is 0.670. The van der Waals surface area contributed by atoms with Gasteiger partial charge in [0.2, 0.25) is 10.0 Å². The maximum Gasteiger partial charge on any atom is 0.265 e. The summed E-state index contributed by atoms with van der Waals surface area (Å²) < 4.78 is 43.6. The molecule has 0 bridgehead atoms. The van der Waals surface area contributed by atoms with Gasteiger partial charge in [-0.25, -0.2) is 8.42 Å². The van der Waals surface area contributed by atoms with E-state index in [0.717, 1.165) is 0 Å². The van der Waals surface area contributed by atoms with Gasteiger partial charge in [0.1, 0.15) is 17.2 Å². The highest BCUT2D eigenvalue weighted by molar-refractivity contribution is 7.89. The Balaban J connectivity index is 1.34. The standard InChI is InChI=1S/C22H25N3O7S/c1-15-22(27)23-19-13-18(7-8-20(19)32-15)33(28,29)25-11-9-24(10-12-25)21(26)14-31-17-5-3-16(30-2)4-6-17/h3-8,13,15H,9-12,14H2,1-2H3,(H,23,27). The lowest BCUT2D eigenvalue weighted by Gasteiger charge is -2.34. The number of methoxy groups -OCH3 is 1. The van der Waals surface area contributed by atoms with Crippen LogP contribution < -0.4 is 19.5 Å². The Bertz CT molecular complexity index is 1140. The van der Waals surface area contributed by atoms with Gasteiger partial charge >= 0.3 is 0 Å². The van der Waals surface area contributed by atoms with E-state index in [9.17, 15) is 18.0 Å². The number of sulfonamides is 1. The van der Waals surface area contributed by atoms with Crippen LogP contribution in [0.15, 0.2) is 47.4 Å². The van der Waals surface area contributed by atoms with Crippen molar-refractivity contribution in [2.24, 2.45) is 0 Å². The molecule has 0 aromatic heterocycles. The molecule has 2 amide bonds. The van der Waals surface area contributed by atoms with Crippen molar-refractivity contribution in [3.63, 3.8) is 0 Å². The third-order valence-electron chi connectivity index (χ3n) is 5.53. The molecule has 11 heteroatoms. The van der Waals surface area contributed by atoms with E-state index >= 15 is 0 Å². The number of amides is 2. The van der Waals surface area contributed by atoms with Gasteiger partial charge in [-0.2, -0.15) is 4.31 Å². The number of hydrogen-bond donors (Lipinski definition) is 1. The maximum absolute atomic E-state index is 13.1. The fourth-order valence-corrected chi connectivity index (χ4v) is 5.03. The first kappa shape index (κ1) is 22.9. The van der Waals surface area contributed by atoms with Gasteiger partial charge in [0.05, 0.1) is 17.7 Å². The van der Waals surface area contributed by atoms with E-state index in [-0.39, 0.29) is 49.5 Å². The topological polar surface area (TPSA) is 114 Å². The number of carbonyl (C=O) groups is 2. The van der Waals surface area contributed by atoms with Gasteiger partial charge < -0.3 is 24.4 Å². The average Bonchev–Trinajstić information content (AvgIpc) is 2.83. The van der Waals surface area contributed by atoms with Crippen molar-refractivity contribution >= 4 is 27.5 Å². The summed E-state index contributed by atoms with van der Waals surface area (Å²) in [7, 11) is -2.23. The van der Waals surface area contributed by atoms with E-state index in [1.54, 1.807) is 43.2 Å². The van der Waals surface area contributed by atoms with Crippen molar-refractivity contribution in [1.82, 2.24) is 9.21 Å². The van der Waals surface area contributed by atoms with E-state index in [4.69, 9.17) is 14.2 Å². The van der Waals surface area contributed by atoms with Gasteiger partial charge in [-0.3, -0.25) is 9.59 Å². The van der Waals surface area contributed by atoms with Crippen molar-refractivity contribution in [3.8, 4) is 17.2 Å². The number of piperazine rings is 1. The second-order valence-corrected chi connectivity index (χ2v) is 9.59. The van der Waals surface area contributed by atoms with Crippen LogP contribution in [0.4, 0.5) is 5.69 Å². The SMILES string of the molecule is COc1ccc(OCC(=O)N2CCN(S(=O)(=O)c3ccc4c(c3)NC(=O)C(C)O4)CC2)cc1. The molecule has 0 spiro atoms. The predicted molar refractivity (Wildman–Crippen MR) is 119 cm³/mol. The summed E-state index contributed by atoms with van der Waals surface area (Å²) in [5.41, 5.74) is 0.323. The molecule has 2 aliphatic rings. The van der Waals surface area contributed by atoms with Crippen molar-refractivity contribution in [3.05, 3.63) is 42.5 Å². The molecule has 4 rings (SSSR count). The summed E-state index contributed by atoms with van der Waals surface area (Å²) in [5, 5.41) is 2.66. The van der Waals surface area contributed by atoms with Gasteiger partial charge in [-0.05, 0) is 49.4 Å². The number of nitrogens with one attached hydrogen (secondary N) is 1. The first-order valence-corrected chi connectivity index (χ1v) is 11.9. The van der Waals surface area contributed by atoms with E-state index in [2.05, 4.69) is 5.32 Å². The zero-order valence-electron chi connectivity index (χ0n) is 18.3. The molecule has 1 N–H and O–H groups in total. The highest BCUT2D eigenvalue weighted by Crippen LogP contribution is 2.33. The number of fused-ring (bicyclic) bond motifs is 1. The van der Waals surface area contributed by atoms with E-state index in [1.165, 1.54) is 22.5 Å². The van der Waals surface area contributed by atoms with Crippen LogP contribution in [0.3, 0.4) is 0 Å². The monoisotopic (exact) mass is 475 g/mol. The predicted octanol–water partition coefficient (Wildman–Crippen LogP) is 1.33. The number of rotatable bonds is 6. The number of nitrogens with zero attached hydrogens (tertiary/aromatic N) is 2. The van der Waals surface area contributed by atoms with Crippen LogP contribution in [0.2, 0.25) is 0 Å². The lowest BCUT2D eigenvalue weighted by molar-refractivity contribution is -0.134. The molecular formula is C22H25N3O7S. The number of benzene rings is 2. The van der Waals surface area contributed by atoms with Crippen molar-refractivity contribution in [1.29, 1.82) is 0 Å². The summed E-state index contributed by atoms with van der Waals surface area (Å²) in [4.78, 5) is 26.0. The zero-order chi connectivity index (χ0) is 23.6. The molecule has 176 valence electrons. The zero-order valence-corrected chi connectivity index (χ0v) is 19.1. The first-order chi connectivity index (χ1) is 15.8. The molecule has 1 atom stereocenters. The molecule has 0 radical (unpaired) electrons. The number of ether oxygens (including phenoxy) is 3. The molecule has 2 aromatic carbocycles. The van der Waals surface area contributed by atoms with Crippen LogP contribution in [-0.4, -0.2) is 75.4 Å². The maximum atomic E-state index is 13.1. The van der Waals surface area contributed by atoms with Crippen LogP contribution in [0.1, 0.15) is 6.92 Å². The number of carbonyl (C=O) groups excluding carboxylic acids is 2. The summed E-state index contributed by atoms with van der Waals surface area (Å²) in [6.45, 7) is 2.31. The van der Waals surface area contributed by atoms with E-state index in [1.807, 2.05) is 0 Å². The first-order valence-electron chi connectivity index (χ1n) is 10.4. The molecule has 1 saturated heterocycles. The Kier molecular flexibility index (Phi) is 6.43. The molecule has 2 heterocycles. The minimum Gasteiger partial charge on any atom is -0.497 e. The minimum absolute atomic E-state index is 0.0577. The summed E-state index contributed by atoms with van der Waals surface area (Å²) in [5.74, 6) is 1.11. The second kappa shape index (κ2) is 9.28. The number of hydrogen-bond acceptors (Lipinski definition) is 7. The normalized spacial score (nSPS) is 18.7. The summed E-state index contributed by atoms with van der Waals surface area (Å²) in [6.07, 6.45) is -0.640. The third-order valence-corrected chi connectivity index (χ3v) is 7.43. The van der Waals surface area contributed by atoms with E-state index < -0.39 is 16.1 Å². The van der Waals surface area contributed by atoms with Crippen molar-refractivity contribution in [2.45, 2.75) is 17.9 Å². The van der Waals surface area contributed by atoms with Crippen LogP contribution in [-0.2, 0) is 19.6 Å². The summed E-state index contributed by atoms with van der Waals surface area (Å²) in [6, 6.07) is 11.3. The lowest BCUT2D eigenvalue weighted by atomic mass is 10.2. The van der Waals surface area contributed by atoms with Gasteiger partial charge in [0, 0.05) is 26.2 Å². The number of anilines is 1. The second-order valence-electron chi connectivity index (χ2n) is 7.66. The Morgan fingerprint density at radius 3 is 2.42 bits per heavy atom. The van der Waals surface area contributed by atoms with Crippen molar-refractivity contribution < 1.29 is 32.2 Å². The van der Waals surface area contributed by atoms with Crippen LogP contribution >= 0.6 is 0 Å². The highest BCUT2D eigenvalue weighted by Gasteiger charge is 2.32. The average molecular weight is 476 g/mol. The van der Waals surface area contributed by atoms with Crippen LogP contribution in [0, 0.1) is 0 Å². The van der Waals surface area contributed by atoms with Gasteiger partial charge in [0.25, 0.3) is 11.8 Å². The van der Waals surface area contributed by atoms with Crippen molar-refractivity contribution in [2.75, 3.05) is 45.2 Å². The molecule has 10 nitrogen and oxygen atoms in total. The Morgan fingerprint density at radius 2 is 1.76 bits per heavy atom. The van der Waals surface area contributed by atoms with Gasteiger partial charge in [0.15, 0.2) is 12.7 Å². The molecular weight excluding hydrogens is 450 g/mol. The smallest absolute Gasteiger partial charge is 0.265 e. The third kappa shape index (κ3) is 4.88. The molecule has 2 aliphatic heterocycles. The minimum atomic E-state index is -3.79. The lowest BCUT2D eigenvalue weighted by Crippen LogP contribution is -2.51. The Hall–Kier alpha value is -3.31. The highest BCUT2D eigenvalue weighted by atomic mass is 32.2. The molecule has 2 aromatic rings. The van der Waals surface area contributed by atoms with E-state index in [0.29, 0.717) is 22.9 Å². The molecule has 0 aliphatic carbocycles. The van der Waals surface area contributed by atoms with Gasteiger partial charge in [-0.1, -0.05) is 0 Å². The fourth-order valence-electron chi connectivity index (χ4n) is 3.58. The Labute approximate surface area is 192 Å². The van der Waals surface area contributed by atoms with Crippen LogP contribution in [0.25, 0.3) is 0 Å². The molecule has 1 unspecified atom stereocenters. The largest absolute Gasteiger partial charge is 0.497 e. The Morgan fingerprint density at radius 1 is 1.09 bits per heavy atom. The molecule has 33 heavy (non-hydrogen) atoms.